The van der Waals surface area contributed by atoms with Crippen LogP contribution >= 0.6 is 0 Å². The Balaban J connectivity index is 1.27. The minimum atomic E-state index is 1.23. The molecule has 0 radical (unpaired) electrons. The van der Waals surface area contributed by atoms with E-state index in [1.165, 1.54) is 131 Å². The molecule has 0 atom stereocenters. The highest BCUT2D eigenvalue weighted by molar-refractivity contribution is 6.32. The summed E-state index contributed by atoms with van der Waals surface area (Å²) in [7, 11) is 0. The summed E-state index contributed by atoms with van der Waals surface area (Å²) >= 11 is 0. The maximum atomic E-state index is 2.53. The molecule has 0 saturated heterocycles. The van der Waals surface area contributed by atoms with Gasteiger partial charge < -0.3 is 0 Å². The number of benzene rings is 11. The van der Waals surface area contributed by atoms with Gasteiger partial charge in [-0.3, -0.25) is 0 Å². The van der Waals surface area contributed by atoms with Crippen LogP contribution in [0.1, 0.15) is 11.1 Å². The van der Waals surface area contributed by atoms with Gasteiger partial charge >= 0.3 is 0 Å². The van der Waals surface area contributed by atoms with Crippen molar-refractivity contribution in [3.63, 3.8) is 0 Å². The van der Waals surface area contributed by atoms with Crippen LogP contribution in [0.5, 0.6) is 0 Å². The summed E-state index contributed by atoms with van der Waals surface area (Å²) < 4.78 is 0. The van der Waals surface area contributed by atoms with E-state index in [-0.39, 0.29) is 0 Å². The van der Waals surface area contributed by atoms with Crippen molar-refractivity contribution in [3.05, 3.63) is 193 Å². The van der Waals surface area contributed by atoms with E-state index >= 15 is 0 Å². The molecule has 1 aliphatic rings. The third kappa shape index (κ3) is 4.42. The minimum absolute atomic E-state index is 1.23. The average molecular weight is 709 g/mol. The van der Waals surface area contributed by atoms with E-state index in [9.17, 15) is 0 Å². The molecule has 0 N–H and O–H groups in total. The Hall–Kier alpha value is -7.02. The molecule has 12 rings (SSSR count). The van der Waals surface area contributed by atoms with Gasteiger partial charge in [0.2, 0.25) is 0 Å². The van der Waals surface area contributed by atoms with E-state index in [2.05, 4.69) is 196 Å². The highest BCUT2D eigenvalue weighted by Crippen LogP contribution is 2.55. The molecule has 0 spiro atoms. The first-order chi connectivity index (χ1) is 27.6. The topological polar surface area (TPSA) is 0 Å². The van der Waals surface area contributed by atoms with E-state index < -0.39 is 0 Å². The molecule has 0 heteroatoms. The van der Waals surface area contributed by atoms with E-state index in [0.717, 1.165) is 0 Å². The van der Waals surface area contributed by atoms with Crippen LogP contribution in [0.2, 0.25) is 0 Å². The zero-order valence-electron chi connectivity index (χ0n) is 31.3. The highest BCUT2D eigenvalue weighted by atomic mass is 14.3. The third-order valence-corrected chi connectivity index (χ3v) is 12.5. The standard InChI is InChI=1S/C56H36/c1-33-27-34(2)54-52(28-33)53-32-49-44-24-22-38(35-13-5-3-6-14-35)29-46(44)51(31-50(49)45-26-25-40(56(54)55(45)53)36-15-7-4-8-16-36)48-30-47-39-18-10-9-17-37(39)21-23-43(47)41-19-11-12-20-42(41)48/h3-32H,1-2H3. The largest absolute Gasteiger partial charge is 0.0622 e. The van der Waals surface area contributed by atoms with E-state index in [1.54, 1.807) is 0 Å². The Morgan fingerprint density at radius 3 is 1.64 bits per heavy atom. The van der Waals surface area contributed by atoms with Crippen LogP contribution in [0.25, 0.3) is 120 Å². The molecule has 0 heterocycles. The third-order valence-electron chi connectivity index (χ3n) is 12.5. The maximum absolute atomic E-state index is 2.53. The van der Waals surface area contributed by atoms with Gasteiger partial charge in [0, 0.05) is 0 Å². The Kier molecular flexibility index (Phi) is 6.57. The predicted molar refractivity (Wildman–Crippen MR) is 242 cm³/mol. The SMILES string of the molecule is Cc1cc(C)c2c(c1)-c1cc3c4ccc(-c5ccccc5)cc4c(-c4cc5c6ccccc6ccc5c5ccccc45)cc3c3ccc(-c4ccccc4)c-2c13. The normalized spacial score (nSPS) is 12.1. The monoisotopic (exact) mass is 708 g/mol. The molecule has 56 heavy (non-hydrogen) atoms. The van der Waals surface area contributed by atoms with Crippen molar-refractivity contribution in [1.29, 1.82) is 0 Å². The summed E-state index contributed by atoms with van der Waals surface area (Å²) in [5.74, 6) is 0. The summed E-state index contributed by atoms with van der Waals surface area (Å²) in [4.78, 5) is 0. The molecule has 11 aromatic rings. The van der Waals surface area contributed by atoms with Gasteiger partial charge in [-0.25, -0.2) is 0 Å². The van der Waals surface area contributed by atoms with Crippen molar-refractivity contribution in [2.24, 2.45) is 0 Å². The summed E-state index contributed by atoms with van der Waals surface area (Å²) in [5.41, 5.74) is 15.6. The second kappa shape index (κ2) is 11.7. The van der Waals surface area contributed by atoms with Crippen molar-refractivity contribution in [2.75, 3.05) is 0 Å². The first kappa shape index (κ1) is 31.3. The van der Waals surface area contributed by atoms with E-state index in [4.69, 9.17) is 0 Å². The smallest absolute Gasteiger partial charge is 0.00114 e. The van der Waals surface area contributed by atoms with Crippen LogP contribution in [0.15, 0.2) is 182 Å². The van der Waals surface area contributed by atoms with Crippen molar-refractivity contribution >= 4 is 64.6 Å². The molecule has 0 unspecified atom stereocenters. The van der Waals surface area contributed by atoms with Crippen LogP contribution < -0.4 is 0 Å². The van der Waals surface area contributed by atoms with Gasteiger partial charge in [0.25, 0.3) is 0 Å². The number of hydrogen-bond donors (Lipinski definition) is 0. The van der Waals surface area contributed by atoms with Crippen molar-refractivity contribution in [1.82, 2.24) is 0 Å². The lowest BCUT2D eigenvalue weighted by Crippen LogP contribution is -1.91. The van der Waals surface area contributed by atoms with Gasteiger partial charge in [-0.2, -0.15) is 0 Å². The molecule has 0 bridgehead atoms. The number of rotatable bonds is 3. The van der Waals surface area contributed by atoms with Crippen molar-refractivity contribution < 1.29 is 0 Å². The quantitative estimate of drug-likeness (QED) is 0.160. The molecule has 0 fully saturated rings. The first-order valence-corrected chi connectivity index (χ1v) is 19.7. The first-order valence-electron chi connectivity index (χ1n) is 19.7. The van der Waals surface area contributed by atoms with Gasteiger partial charge in [0.1, 0.15) is 0 Å². The van der Waals surface area contributed by atoms with Gasteiger partial charge in [0.05, 0.1) is 0 Å². The molecule has 0 saturated carbocycles. The van der Waals surface area contributed by atoms with E-state index in [0.29, 0.717) is 0 Å². The number of fused-ring (bicyclic) bond motifs is 12. The highest BCUT2D eigenvalue weighted by Gasteiger charge is 2.28. The summed E-state index contributed by atoms with van der Waals surface area (Å²) in [6.07, 6.45) is 0. The average Bonchev–Trinajstić information content (AvgIpc) is 3.58. The minimum Gasteiger partial charge on any atom is -0.0622 e. The lowest BCUT2D eigenvalue weighted by molar-refractivity contribution is 1.39. The number of hydrogen-bond acceptors (Lipinski definition) is 0. The van der Waals surface area contributed by atoms with Crippen molar-refractivity contribution in [2.45, 2.75) is 13.8 Å². The molecule has 0 nitrogen and oxygen atoms in total. The van der Waals surface area contributed by atoms with Crippen LogP contribution in [-0.2, 0) is 0 Å². The summed E-state index contributed by atoms with van der Waals surface area (Å²) in [6.45, 7) is 4.52. The van der Waals surface area contributed by atoms with Crippen LogP contribution in [0.3, 0.4) is 0 Å². The Morgan fingerprint density at radius 2 is 0.839 bits per heavy atom. The summed E-state index contributed by atoms with van der Waals surface area (Å²) in [6, 6.07) is 68.4. The fourth-order valence-electron chi connectivity index (χ4n) is 10.1. The van der Waals surface area contributed by atoms with Gasteiger partial charge in [0.15, 0.2) is 0 Å². The number of aryl methyl sites for hydroxylation is 2. The molecule has 11 aromatic carbocycles. The van der Waals surface area contributed by atoms with Crippen LogP contribution in [0.4, 0.5) is 0 Å². The molecule has 0 aliphatic heterocycles. The summed E-state index contributed by atoms with van der Waals surface area (Å²) in [5, 5.41) is 15.5. The lowest BCUT2D eigenvalue weighted by atomic mass is 9.84. The molecular formula is C56H36. The second-order valence-corrected chi connectivity index (χ2v) is 15.7. The van der Waals surface area contributed by atoms with Gasteiger partial charge in [-0.15, -0.1) is 0 Å². The fourth-order valence-corrected chi connectivity index (χ4v) is 10.1. The van der Waals surface area contributed by atoms with E-state index in [1.807, 2.05) is 0 Å². The molecular weight excluding hydrogens is 673 g/mol. The van der Waals surface area contributed by atoms with Crippen LogP contribution in [-0.4, -0.2) is 0 Å². The van der Waals surface area contributed by atoms with Crippen molar-refractivity contribution in [3.8, 4) is 55.6 Å². The fraction of sp³-hybridized carbons (Fsp3) is 0.0357. The lowest BCUT2D eigenvalue weighted by Gasteiger charge is -2.19. The molecule has 0 aromatic heterocycles. The Morgan fingerprint density at radius 1 is 0.268 bits per heavy atom. The Bertz CT molecular complexity index is 3460. The Labute approximate surface area is 325 Å². The molecule has 260 valence electrons. The second-order valence-electron chi connectivity index (χ2n) is 15.7. The predicted octanol–water partition coefficient (Wildman–Crippen LogP) is 15.9. The zero-order valence-corrected chi connectivity index (χ0v) is 31.3. The van der Waals surface area contributed by atoms with Gasteiger partial charge in [-0.05, 0) is 164 Å². The zero-order chi connectivity index (χ0) is 37.1. The molecule has 1 aliphatic carbocycles. The van der Waals surface area contributed by atoms with Crippen LogP contribution in [0, 0.1) is 13.8 Å². The van der Waals surface area contributed by atoms with Gasteiger partial charge in [-0.1, -0.05) is 163 Å². The molecule has 0 amide bonds. The maximum Gasteiger partial charge on any atom is -0.00114 e.